The van der Waals surface area contributed by atoms with Gasteiger partial charge >= 0.3 is 0 Å². The summed E-state index contributed by atoms with van der Waals surface area (Å²) in [5.41, 5.74) is 0.364. The Kier molecular flexibility index (Phi) is 5.74. The molecular weight excluding hydrogens is 423 g/mol. The number of rotatable bonds is 4. The molecule has 1 saturated heterocycles. The van der Waals surface area contributed by atoms with E-state index in [1.807, 2.05) is 0 Å². The molecule has 0 bridgehead atoms. The fourth-order valence-electron chi connectivity index (χ4n) is 2.94. The average molecular weight is 441 g/mol. The van der Waals surface area contributed by atoms with E-state index in [9.17, 15) is 17.6 Å². The molecule has 1 aliphatic rings. The molecule has 2 aromatic carbocycles. The van der Waals surface area contributed by atoms with Crippen LogP contribution in [0, 0.1) is 11.7 Å². The first-order valence-corrected chi connectivity index (χ1v) is 10.4. The molecule has 0 unspecified atom stereocenters. The van der Waals surface area contributed by atoms with Crippen LogP contribution in [0.2, 0.25) is 0 Å². The largest absolute Gasteiger partial charge is 0.326 e. The van der Waals surface area contributed by atoms with Gasteiger partial charge in [0.25, 0.3) is 0 Å². The van der Waals surface area contributed by atoms with E-state index in [1.165, 1.54) is 34.6 Å². The lowest BCUT2D eigenvalue weighted by Crippen LogP contribution is -2.43. The Labute approximate surface area is 160 Å². The minimum Gasteiger partial charge on any atom is -0.326 e. The third kappa shape index (κ3) is 4.31. The Bertz CT molecular complexity index is 903. The van der Waals surface area contributed by atoms with Crippen molar-refractivity contribution in [1.29, 1.82) is 0 Å². The number of nitrogens with one attached hydrogen (secondary N) is 1. The molecule has 3 rings (SSSR count). The summed E-state index contributed by atoms with van der Waals surface area (Å²) in [4.78, 5) is 12.7. The number of piperidine rings is 1. The minimum absolute atomic E-state index is 0.111. The molecule has 1 N–H and O–H groups in total. The summed E-state index contributed by atoms with van der Waals surface area (Å²) in [5, 5.41) is 2.67. The molecule has 8 heteroatoms. The molecule has 1 aliphatic heterocycles. The summed E-state index contributed by atoms with van der Waals surface area (Å²) in [6.07, 6.45) is 1.19. The molecule has 0 aliphatic carbocycles. The number of anilines is 1. The Hall–Kier alpha value is -1.77. The highest BCUT2D eigenvalue weighted by molar-refractivity contribution is 9.10. The molecule has 5 nitrogen and oxygen atoms in total. The molecule has 1 amide bonds. The van der Waals surface area contributed by atoms with Gasteiger partial charge in [-0.3, -0.25) is 4.79 Å². The van der Waals surface area contributed by atoms with Gasteiger partial charge in [0, 0.05) is 23.2 Å². The van der Waals surface area contributed by atoms with Crippen LogP contribution in [0.15, 0.2) is 57.9 Å². The molecule has 0 spiro atoms. The Morgan fingerprint density at radius 2 is 1.92 bits per heavy atom. The second-order valence-electron chi connectivity index (χ2n) is 6.16. The van der Waals surface area contributed by atoms with Gasteiger partial charge < -0.3 is 5.32 Å². The van der Waals surface area contributed by atoms with Crippen molar-refractivity contribution in [2.45, 2.75) is 17.7 Å². The van der Waals surface area contributed by atoms with Crippen molar-refractivity contribution in [2.24, 2.45) is 5.92 Å². The molecule has 0 aromatic heterocycles. The van der Waals surface area contributed by atoms with Crippen LogP contribution in [0.25, 0.3) is 0 Å². The van der Waals surface area contributed by atoms with E-state index in [0.717, 1.165) is 4.47 Å². The predicted molar refractivity (Wildman–Crippen MR) is 101 cm³/mol. The number of sulfonamides is 1. The van der Waals surface area contributed by atoms with Crippen molar-refractivity contribution in [3.8, 4) is 0 Å². The van der Waals surface area contributed by atoms with Gasteiger partial charge in [-0.1, -0.05) is 22.0 Å². The summed E-state index contributed by atoms with van der Waals surface area (Å²) in [6.45, 7) is 0.488. The van der Waals surface area contributed by atoms with Gasteiger partial charge in [-0.2, -0.15) is 4.31 Å². The summed E-state index contributed by atoms with van der Waals surface area (Å²) < 4.78 is 41.0. The quantitative estimate of drug-likeness (QED) is 0.788. The molecule has 26 heavy (non-hydrogen) atoms. The third-order valence-electron chi connectivity index (χ3n) is 4.30. The predicted octanol–water partition coefficient (Wildman–Crippen LogP) is 3.63. The maximum absolute atomic E-state index is 13.3. The molecule has 0 saturated carbocycles. The van der Waals surface area contributed by atoms with Gasteiger partial charge in [-0.05, 0) is 55.3 Å². The van der Waals surface area contributed by atoms with Crippen molar-refractivity contribution >= 4 is 37.5 Å². The summed E-state index contributed by atoms with van der Waals surface area (Å²) in [7, 11) is -3.65. The number of carbonyl (C=O) groups excluding carboxylic acids is 1. The summed E-state index contributed by atoms with van der Waals surface area (Å²) >= 11 is 3.29. The Balaban J connectivity index is 1.72. The first kappa shape index (κ1) is 19.0. The van der Waals surface area contributed by atoms with Gasteiger partial charge in [-0.25, -0.2) is 12.8 Å². The van der Waals surface area contributed by atoms with E-state index in [-0.39, 0.29) is 17.3 Å². The Morgan fingerprint density at radius 1 is 1.19 bits per heavy atom. The normalized spacial score (nSPS) is 18.5. The molecule has 2 aromatic rings. The van der Waals surface area contributed by atoms with Crippen LogP contribution in [0.5, 0.6) is 0 Å². The number of halogens is 2. The van der Waals surface area contributed by atoms with Crippen molar-refractivity contribution < 1.29 is 17.6 Å². The van der Waals surface area contributed by atoms with Crippen LogP contribution in [0.3, 0.4) is 0 Å². The minimum atomic E-state index is -3.65. The second-order valence-corrected chi connectivity index (χ2v) is 9.01. The van der Waals surface area contributed by atoms with Gasteiger partial charge in [0.2, 0.25) is 15.9 Å². The van der Waals surface area contributed by atoms with Crippen molar-refractivity contribution in [3.05, 3.63) is 58.8 Å². The zero-order valence-corrected chi connectivity index (χ0v) is 16.3. The topological polar surface area (TPSA) is 66.5 Å². The van der Waals surface area contributed by atoms with E-state index >= 15 is 0 Å². The van der Waals surface area contributed by atoms with E-state index in [1.54, 1.807) is 18.2 Å². The van der Waals surface area contributed by atoms with Gasteiger partial charge in [0.15, 0.2) is 0 Å². The molecule has 1 atom stereocenters. The average Bonchev–Trinajstić information content (AvgIpc) is 2.62. The highest BCUT2D eigenvalue weighted by atomic mass is 79.9. The molecule has 1 heterocycles. The highest BCUT2D eigenvalue weighted by Crippen LogP contribution is 2.25. The van der Waals surface area contributed by atoms with Crippen LogP contribution < -0.4 is 5.32 Å². The zero-order chi connectivity index (χ0) is 18.7. The SMILES string of the molecule is O=C(Nc1cccc(F)c1)[C@H]1CCCN(S(=O)(=O)c2ccc(Br)cc2)C1. The number of carbonyl (C=O) groups is 1. The summed E-state index contributed by atoms with van der Waals surface area (Å²) in [5.74, 6) is -1.21. The fourth-order valence-corrected chi connectivity index (χ4v) is 4.73. The lowest BCUT2D eigenvalue weighted by Gasteiger charge is -2.31. The van der Waals surface area contributed by atoms with Crippen LogP contribution in [-0.2, 0) is 14.8 Å². The van der Waals surface area contributed by atoms with Gasteiger partial charge in [0.05, 0.1) is 10.8 Å². The van der Waals surface area contributed by atoms with E-state index in [4.69, 9.17) is 0 Å². The van der Waals surface area contributed by atoms with Crippen molar-refractivity contribution in [1.82, 2.24) is 4.31 Å². The first-order chi connectivity index (χ1) is 12.4. The lowest BCUT2D eigenvalue weighted by molar-refractivity contribution is -0.120. The molecule has 0 radical (unpaired) electrons. The number of amides is 1. The molecular formula is C18H18BrFN2O3S. The number of hydrogen-bond acceptors (Lipinski definition) is 3. The maximum Gasteiger partial charge on any atom is 0.243 e. The lowest BCUT2D eigenvalue weighted by atomic mass is 9.99. The fraction of sp³-hybridized carbons (Fsp3) is 0.278. The number of benzene rings is 2. The van der Waals surface area contributed by atoms with Crippen LogP contribution in [0.4, 0.5) is 10.1 Å². The standard InChI is InChI=1S/C18H18BrFN2O3S/c19-14-6-8-17(9-7-14)26(24,25)22-10-2-3-13(12-22)18(23)21-16-5-1-4-15(20)11-16/h1,4-9,11,13H,2-3,10,12H2,(H,21,23)/t13-/m0/s1. The number of hydrogen-bond donors (Lipinski definition) is 1. The first-order valence-electron chi connectivity index (χ1n) is 8.18. The maximum atomic E-state index is 13.3. The second kappa shape index (κ2) is 7.85. The molecule has 138 valence electrons. The molecule has 1 fully saturated rings. The summed E-state index contributed by atoms with van der Waals surface area (Å²) in [6, 6.07) is 12.1. The highest BCUT2D eigenvalue weighted by Gasteiger charge is 2.33. The Morgan fingerprint density at radius 3 is 2.62 bits per heavy atom. The van der Waals surface area contributed by atoms with Crippen LogP contribution in [-0.4, -0.2) is 31.7 Å². The van der Waals surface area contributed by atoms with E-state index in [2.05, 4.69) is 21.2 Å². The smallest absolute Gasteiger partial charge is 0.243 e. The van der Waals surface area contributed by atoms with Crippen molar-refractivity contribution in [2.75, 3.05) is 18.4 Å². The third-order valence-corrected chi connectivity index (χ3v) is 6.71. The van der Waals surface area contributed by atoms with Crippen LogP contribution >= 0.6 is 15.9 Å². The van der Waals surface area contributed by atoms with Gasteiger partial charge in [-0.15, -0.1) is 0 Å². The van der Waals surface area contributed by atoms with Crippen LogP contribution in [0.1, 0.15) is 12.8 Å². The van der Waals surface area contributed by atoms with E-state index < -0.39 is 21.8 Å². The monoisotopic (exact) mass is 440 g/mol. The van der Waals surface area contributed by atoms with Crippen molar-refractivity contribution in [3.63, 3.8) is 0 Å². The van der Waals surface area contributed by atoms with E-state index in [0.29, 0.717) is 25.1 Å². The number of nitrogens with zero attached hydrogens (tertiary/aromatic N) is 1. The van der Waals surface area contributed by atoms with Gasteiger partial charge in [0.1, 0.15) is 5.82 Å². The zero-order valence-electron chi connectivity index (χ0n) is 13.9.